The third-order valence-corrected chi connectivity index (χ3v) is 11.9. The minimum absolute atomic E-state index is 0.859. The molecule has 3 nitrogen and oxygen atoms in total. The normalized spacial score (nSPS) is 11.7. The molecule has 0 aliphatic carbocycles. The standard InChI is InChI=1S/C56H35NO2/c1-2-11-36(12-3-1)37-21-23-40(24-22-37)46-33-34-50(55-48-16-7-9-19-52(48)59-56(46)55)57(43-32-29-41-26-25-38-13-4-5-14-44(38)49(41)35-43)42-30-27-39(28-31-42)45-17-10-20-53-54(45)47-15-6-8-18-51(47)58-53/h1-35H. The number of nitrogens with zero attached hydrogens (tertiary/aromatic N) is 1. The topological polar surface area (TPSA) is 29.5 Å². The second-order valence-corrected chi connectivity index (χ2v) is 15.2. The molecular formula is C56H35NO2. The molecule has 0 unspecified atom stereocenters. The lowest BCUT2D eigenvalue weighted by atomic mass is 9.96. The first-order valence-electron chi connectivity index (χ1n) is 20.1. The molecule has 0 fully saturated rings. The van der Waals surface area contributed by atoms with Gasteiger partial charge in [0.25, 0.3) is 0 Å². The smallest absolute Gasteiger partial charge is 0.145 e. The van der Waals surface area contributed by atoms with Crippen molar-refractivity contribution < 1.29 is 8.83 Å². The van der Waals surface area contributed by atoms with Gasteiger partial charge in [-0.25, -0.2) is 0 Å². The fourth-order valence-corrected chi connectivity index (χ4v) is 9.06. The van der Waals surface area contributed by atoms with Gasteiger partial charge in [-0.2, -0.15) is 0 Å². The van der Waals surface area contributed by atoms with Crippen molar-refractivity contribution in [1.29, 1.82) is 0 Å². The zero-order valence-corrected chi connectivity index (χ0v) is 32.0. The number of furan rings is 2. The predicted molar refractivity (Wildman–Crippen MR) is 247 cm³/mol. The minimum atomic E-state index is 0.859. The van der Waals surface area contributed by atoms with E-state index in [0.717, 1.165) is 83.2 Å². The van der Waals surface area contributed by atoms with Gasteiger partial charge >= 0.3 is 0 Å². The Morgan fingerprint density at radius 3 is 1.66 bits per heavy atom. The first-order valence-corrected chi connectivity index (χ1v) is 20.1. The SMILES string of the molecule is c1ccc(-c2ccc(-c3ccc(N(c4ccc(-c5cccc6oc7ccccc7c56)cc4)c4ccc5ccc6ccccc6c5c4)c4c3oc3ccccc34)cc2)cc1. The number of para-hydroxylation sites is 2. The molecule has 12 rings (SSSR count). The molecule has 276 valence electrons. The second-order valence-electron chi connectivity index (χ2n) is 15.2. The highest BCUT2D eigenvalue weighted by atomic mass is 16.3. The summed E-state index contributed by atoms with van der Waals surface area (Å²) in [5, 5.41) is 9.27. The average Bonchev–Trinajstić information content (AvgIpc) is 3.89. The first-order chi connectivity index (χ1) is 29.2. The van der Waals surface area contributed by atoms with E-state index in [0.29, 0.717) is 0 Å². The number of benzene rings is 10. The monoisotopic (exact) mass is 753 g/mol. The number of rotatable bonds is 6. The predicted octanol–water partition coefficient (Wildman–Crippen LogP) is 16.3. The Morgan fingerprint density at radius 1 is 0.305 bits per heavy atom. The summed E-state index contributed by atoms with van der Waals surface area (Å²) in [4.78, 5) is 2.39. The summed E-state index contributed by atoms with van der Waals surface area (Å²) in [5.74, 6) is 0. The fourth-order valence-electron chi connectivity index (χ4n) is 9.06. The van der Waals surface area contributed by atoms with E-state index in [2.05, 4.69) is 199 Å². The third kappa shape index (κ3) is 5.44. The summed E-state index contributed by atoms with van der Waals surface area (Å²) < 4.78 is 13.1. The number of anilines is 3. The molecule has 0 aliphatic rings. The Hall–Kier alpha value is -7.88. The van der Waals surface area contributed by atoms with Crippen molar-refractivity contribution >= 4 is 82.5 Å². The molecule has 10 aromatic carbocycles. The summed E-state index contributed by atoms with van der Waals surface area (Å²) in [6.45, 7) is 0. The van der Waals surface area contributed by atoms with Gasteiger partial charge < -0.3 is 13.7 Å². The lowest BCUT2D eigenvalue weighted by molar-refractivity contribution is 0.669. The highest BCUT2D eigenvalue weighted by Gasteiger charge is 2.23. The molecule has 2 aromatic heterocycles. The first kappa shape index (κ1) is 33.3. The van der Waals surface area contributed by atoms with Gasteiger partial charge in [-0.1, -0.05) is 158 Å². The van der Waals surface area contributed by atoms with E-state index >= 15 is 0 Å². The molecule has 12 aromatic rings. The van der Waals surface area contributed by atoms with Crippen molar-refractivity contribution in [2.45, 2.75) is 0 Å². The molecule has 0 bridgehead atoms. The van der Waals surface area contributed by atoms with Crippen LogP contribution in [0.2, 0.25) is 0 Å². The van der Waals surface area contributed by atoms with Crippen LogP contribution in [0.3, 0.4) is 0 Å². The molecule has 0 atom stereocenters. The zero-order chi connectivity index (χ0) is 38.9. The van der Waals surface area contributed by atoms with Crippen molar-refractivity contribution in [3.05, 3.63) is 212 Å². The van der Waals surface area contributed by atoms with Crippen LogP contribution >= 0.6 is 0 Å². The number of fused-ring (bicyclic) bond motifs is 9. The molecule has 0 radical (unpaired) electrons. The molecule has 0 N–H and O–H groups in total. The van der Waals surface area contributed by atoms with E-state index in [4.69, 9.17) is 8.83 Å². The van der Waals surface area contributed by atoms with Crippen LogP contribution < -0.4 is 4.90 Å². The van der Waals surface area contributed by atoms with E-state index in [1.165, 1.54) is 32.7 Å². The van der Waals surface area contributed by atoms with Crippen LogP contribution in [0.4, 0.5) is 17.1 Å². The Kier molecular flexibility index (Phi) is 7.54. The molecular weight excluding hydrogens is 719 g/mol. The fraction of sp³-hybridized carbons (Fsp3) is 0. The Labute approximate surface area is 340 Å². The average molecular weight is 754 g/mol. The van der Waals surface area contributed by atoms with Gasteiger partial charge in [-0.05, 0) is 104 Å². The molecule has 0 amide bonds. The molecule has 0 aliphatic heterocycles. The minimum Gasteiger partial charge on any atom is -0.456 e. The van der Waals surface area contributed by atoms with E-state index in [-0.39, 0.29) is 0 Å². The van der Waals surface area contributed by atoms with Crippen LogP contribution in [0, 0.1) is 0 Å². The van der Waals surface area contributed by atoms with Crippen LogP contribution in [-0.4, -0.2) is 0 Å². The summed E-state index contributed by atoms with van der Waals surface area (Å²) >= 11 is 0. The highest BCUT2D eigenvalue weighted by Crippen LogP contribution is 2.47. The van der Waals surface area contributed by atoms with E-state index < -0.39 is 0 Å². The highest BCUT2D eigenvalue weighted by molar-refractivity contribution is 6.18. The van der Waals surface area contributed by atoms with E-state index in [9.17, 15) is 0 Å². The third-order valence-electron chi connectivity index (χ3n) is 11.9. The Balaban J connectivity index is 1.07. The molecule has 2 heterocycles. The van der Waals surface area contributed by atoms with Gasteiger partial charge in [0.2, 0.25) is 0 Å². The van der Waals surface area contributed by atoms with Gasteiger partial charge in [0, 0.05) is 33.1 Å². The maximum absolute atomic E-state index is 6.85. The van der Waals surface area contributed by atoms with Crippen molar-refractivity contribution in [2.24, 2.45) is 0 Å². The molecule has 3 heteroatoms. The van der Waals surface area contributed by atoms with Crippen molar-refractivity contribution in [1.82, 2.24) is 0 Å². The lowest BCUT2D eigenvalue weighted by Crippen LogP contribution is -2.10. The Morgan fingerprint density at radius 2 is 0.864 bits per heavy atom. The molecule has 0 saturated carbocycles. The van der Waals surface area contributed by atoms with E-state index in [1.807, 2.05) is 18.2 Å². The lowest BCUT2D eigenvalue weighted by Gasteiger charge is -2.27. The van der Waals surface area contributed by atoms with Crippen molar-refractivity contribution in [3.8, 4) is 33.4 Å². The quantitative estimate of drug-likeness (QED) is 0.158. The van der Waals surface area contributed by atoms with Gasteiger partial charge in [0.1, 0.15) is 22.3 Å². The molecule has 0 spiro atoms. The maximum atomic E-state index is 6.85. The van der Waals surface area contributed by atoms with Gasteiger partial charge in [-0.15, -0.1) is 0 Å². The summed E-state index contributed by atoms with van der Waals surface area (Å²) in [6, 6.07) is 75.7. The zero-order valence-electron chi connectivity index (χ0n) is 32.0. The molecule has 0 saturated heterocycles. The second kappa shape index (κ2) is 13.4. The van der Waals surface area contributed by atoms with Gasteiger partial charge in [-0.3, -0.25) is 0 Å². The van der Waals surface area contributed by atoms with E-state index in [1.54, 1.807) is 0 Å². The number of hydrogen-bond acceptors (Lipinski definition) is 3. The van der Waals surface area contributed by atoms with Crippen LogP contribution in [0.15, 0.2) is 221 Å². The van der Waals surface area contributed by atoms with Crippen LogP contribution in [0.25, 0.3) is 98.8 Å². The van der Waals surface area contributed by atoms with Crippen LogP contribution in [0.1, 0.15) is 0 Å². The summed E-state index contributed by atoms with van der Waals surface area (Å²) in [6.07, 6.45) is 0. The van der Waals surface area contributed by atoms with Gasteiger partial charge in [0.15, 0.2) is 0 Å². The number of hydrogen-bond donors (Lipinski definition) is 0. The van der Waals surface area contributed by atoms with Crippen molar-refractivity contribution in [2.75, 3.05) is 4.90 Å². The Bertz CT molecular complexity index is 3540. The molecule has 59 heavy (non-hydrogen) atoms. The van der Waals surface area contributed by atoms with Crippen LogP contribution in [0.5, 0.6) is 0 Å². The van der Waals surface area contributed by atoms with Gasteiger partial charge in [0.05, 0.1) is 11.1 Å². The summed E-state index contributed by atoms with van der Waals surface area (Å²) in [5.41, 5.74) is 13.5. The largest absolute Gasteiger partial charge is 0.456 e. The summed E-state index contributed by atoms with van der Waals surface area (Å²) in [7, 11) is 0. The maximum Gasteiger partial charge on any atom is 0.145 e. The van der Waals surface area contributed by atoms with Crippen LogP contribution in [-0.2, 0) is 0 Å². The van der Waals surface area contributed by atoms with Crippen molar-refractivity contribution in [3.63, 3.8) is 0 Å².